The van der Waals surface area contributed by atoms with Gasteiger partial charge in [-0.2, -0.15) is 0 Å². The fourth-order valence-electron chi connectivity index (χ4n) is 2.81. The van der Waals surface area contributed by atoms with Gasteiger partial charge in [0.05, 0.1) is 5.69 Å². The summed E-state index contributed by atoms with van der Waals surface area (Å²) < 4.78 is 6.47. The molecule has 0 saturated heterocycles. The fourth-order valence-corrected chi connectivity index (χ4v) is 3.36. The van der Waals surface area contributed by atoms with Crippen molar-refractivity contribution in [1.82, 2.24) is 0 Å². The van der Waals surface area contributed by atoms with Crippen molar-refractivity contribution >= 4 is 27.7 Å². The fraction of sp³-hybridized carbons (Fsp3) is 0.562. The normalized spacial score (nSPS) is 17.1. The van der Waals surface area contributed by atoms with E-state index < -0.39 is 5.60 Å². The lowest BCUT2D eigenvalue weighted by atomic mass is 9.84. The second-order valence-electron chi connectivity index (χ2n) is 7.04. The van der Waals surface area contributed by atoms with E-state index in [0.717, 1.165) is 10.2 Å². The van der Waals surface area contributed by atoms with Crippen molar-refractivity contribution in [2.24, 2.45) is 0 Å². The van der Waals surface area contributed by atoms with Gasteiger partial charge >= 0.3 is 6.09 Å². The van der Waals surface area contributed by atoms with Gasteiger partial charge in [0.25, 0.3) is 0 Å². The average molecular weight is 340 g/mol. The number of anilines is 1. The predicted molar refractivity (Wildman–Crippen MR) is 85.5 cm³/mol. The highest BCUT2D eigenvalue weighted by Gasteiger charge is 2.41. The summed E-state index contributed by atoms with van der Waals surface area (Å²) in [4.78, 5) is 14.2. The van der Waals surface area contributed by atoms with E-state index in [1.165, 1.54) is 11.1 Å². The van der Waals surface area contributed by atoms with Crippen LogP contribution < -0.4 is 4.90 Å². The highest BCUT2D eigenvalue weighted by atomic mass is 79.9. The van der Waals surface area contributed by atoms with Crippen LogP contribution in [0.1, 0.15) is 45.7 Å². The van der Waals surface area contributed by atoms with E-state index in [9.17, 15) is 4.79 Å². The molecule has 0 radical (unpaired) electrons. The molecular formula is C16H22BrNO2. The topological polar surface area (TPSA) is 29.5 Å². The Bertz CT molecular complexity index is 558. The quantitative estimate of drug-likeness (QED) is 0.680. The molecule has 20 heavy (non-hydrogen) atoms. The Morgan fingerprint density at radius 2 is 1.95 bits per heavy atom. The number of fused-ring (bicyclic) bond motifs is 1. The minimum atomic E-state index is -0.486. The summed E-state index contributed by atoms with van der Waals surface area (Å²) in [5.41, 5.74) is 2.82. The molecule has 110 valence electrons. The van der Waals surface area contributed by atoms with Gasteiger partial charge in [-0.3, -0.25) is 4.90 Å². The summed E-state index contributed by atoms with van der Waals surface area (Å²) in [6.45, 7) is 12.7. The molecule has 0 bridgehead atoms. The Labute approximate surface area is 129 Å². The van der Waals surface area contributed by atoms with E-state index in [-0.39, 0.29) is 11.5 Å². The number of amides is 1. The first kappa shape index (κ1) is 15.4. The van der Waals surface area contributed by atoms with Crippen LogP contribution in [0, 0.1) is 6.92 Å². The molecular weight excluding hydrogens is 318 g/mol. The monoisotopic (exact) mass is 339 g/mol. The van der Waals surface area contributed by atoms with Crippen LogP contribution in [0.4, 0.5) is 10.5 Å². The summed E-state index contributed by atoms with van der Waals surface area (Å²) in [5, 5.41) is 0. The van der Waals surface area contributed by atoms with Crippen molar-refractivity contribution in [3.8, 4) is 0 Å². The molecule has 0 atom stereocenters. The second-order valence-corrected chi connectivity index (χ2v) is 7.89. The zero-order valence-electron chi connectivity index (χ0n) is 13.0. The average Bonchev–Trinajstić information content (AvgIpc) is 2.55. The van der Waals surface area contributed by atoms with Crippen molar-refractivity contribution in [3.63, 3.8) is 0 Å². The van der Waals surface area contributed by atoms with Gasteiger partial charge in [-0.1, -0.05) is 19.9 Å². The molecule has 0 aliphatic carbocycles. The van der Waals surface area contributed by atoms with E-state index in [1.54, 1.807) is 4.90 Å². The van der Waals surface area contributed by atoms with Crippen molar-refractivity contribution < 1.29 is 9.53 Å². The van der Waals surface area contributed by atoms with E-state index in [0.29, 0.717) is 6.54 Å². The van der Waals surface area contributed by atoms with Crippen molar-refractivity contribution in [2.45, 2.75) is 52.6 Å². The zero-order valence-corrected chi connectivity index (χ0v) is 14.6. The van der Waals surface area contributed by atoms with Crippen molar-refractivity contribution in [2.75, 3.05) is 11.4 Å². The molecule has 1 heterocycles. The van der Waals surface area contributed by atoms with Crippen LogP contribution in [-0.2, 0) is 10.2 Å². The Morgan fingerprint density at radius 1 is 1.35 bits per heavy atom. The molecule has 0 aromatic heterocycles. The highest BCUT2D eigenvalue weighted by molar-refractivity contribution is 9.10. The molecule has 1 aromatic carbocycles. The summed E-state index contributed by atoms with van der Waals surface area (Å²) in [7, 11) is 0. The Kier molecular flexibility index (Phi) is 3.66. The molecule has 1 aliphatic rings. The second kappa shape index (κ2) is 4.76. The van der Waals surface area contributed by atoms with Gasteiger partial charge in [0.15, 0.2) is 0 Å². The van der Waals surface area contributed by atoms with E-state index >= 15 is 0 Å². The van der Waals surface area contributed by atoms with E-state index in [4.69, 9.17) is 4.74 Å². The van der Waals surface area contributed by atoms with Gasteiger partial charge in [0, 0.05) is 16.4 Å². The molecule has 0 unspecified atom stereocenters. The van der Waals surface area contributed by atoms with Crippen LogP contribution in [0.2, 0.25) is 0 Å². The maximum absolute atomic E-state index is 12.5. The van der Waals surface area contributed by atoms with Crippen molar-refractivity contribution in [1.29, 1.82) is 0 Å². The standard InChI is InChI=1S/C16H22BrNO2/c1-10-7-8-11(17)13-12(10)16(5,6)9-18(13)14(19)20-15(2,3)4/h7-8H,9H2,1-6H3. The minimum absolute atomic E-state index is 0.0693. The maximum Gasteiger partial charge on any atom is 0.414 e. The summed E-state index contributed by atoms with van der Waals surface area (Å²) in [5.74, 6) is 0. The zero-order chi connectivity index (χ0) is 15.3. The van der Waals surface area contributed by atoms with E-state index in [1.807, 2.05) is 26.8 Å². The van der Waals surface area contributed by atoms with Crippen LogP contribution >= 0.6 is 15.9 Å². The van der Waals surface area contributed by atoms with Gasteiger partial charge in [0.1, 0.15) is 5.60 Å². The SMILES string of the molecule is Cc1ccc(Br)c2c1C(C)(C)CN2C(=O)OC(C)(C)C. The largest absolute Gasteiger partial charge is 0.443 e. The summed E-state index contributed by atoms with van der Waals surface area (Å²) >= 11 is 3.57. The number of hydrogen-bond acceptors (Lipinski definition) is 2. The number of aryl methyl sites for hydroxylation is 1. The van der Waals surface area contributed by atoms with Crippen molar-refractivity contribution in [3.05, 3.63) is 27.7 Å². The number of carbonyl (C=O) groups excluding carboxylic acids is 1. The molecule has 0 saturated carbocycles. The molecule has 1 aromatic rings. The first-order valence-electron chi connectivity index (χ1n) is 6.83. The molecule has 1 aliphatic heterocycles. The third-order valence-corrected chi connectivity index (χ3v) is 4.09. The number of ether oxygens (including phenoxy) is 1. The maximum atomic E-state index is 12.5. The molecule has 3 nitrogen and oxygen atoms in total. The smallest absolute Gasteiger partial charge is 0.414 e. The highest BCUT2D eigenvalue weighted by Crippen LogP contribution is 2.46. The number of hydrogen-bond donors (Lipinski definition) is 0. The third kappa shape index (κ3) is 2.71. The lowest BCUT2D eigenvalue weighted by Gasteiger charge is -2.26. The van der Waals surface area contributed by atoms with Crippen LogP contribution in [-0.4, -0.2) is 18.2 Å². The van der Waals surface area contributed by atoms with Gasteiger partial charge in [-0.15, -0.1) is 0 Å². The Hall–Kier alpha value is -1.03. The first-order valence-corrected chi connectivity index (χ1v) is 7.62. The van der Waals surface area contributed by atoms with Crippen LogP contribution in [0.25, 0.3) is 0 Å². The molecule has 1 amide bonds. The molecule has 0 fully saturated rings. The third-order valence-electron chi connectivity index (χ3n) is 3.45. The van der Waals surface area contributed by atoms with Crippen LogP contribution in [0.5, 0.6) is 0 Å². The number of benzene rings is 1. The Morgan fingerprint density at radius 3 is 2.50 bits per heavy atom. The van der Waals surface area contributed by atoms with Gasteiger partial charge < -0.3 is 4.74 Å². The number of carbonyl (C=O) groups is 1. The van der Waals surface area contributed by atoms with Gasteiger partial charge in [-0.05, 0) is 60.8 Å². The summed E-state index contributed by atoms with van der Waals surface area (Å²) in [6.07, 6.45) is -0.282. The van der Waals surface area contributed by atoms with Gasteiger partial charge in [0.2, 0.25) is 0 Å². The van der Waals surface area contributed by atoms with Gasteiger partial charge in [-0.25, -0.2) is 4.79 Å². The molecule has 2 rings (SSSR count). The summed E-state index contributed by atoms with van der Waals surface area (Å²) in [6, 6.07) is 4.08. The molecule has 0 spiro atoms. The molecule has 4 heteroatoms. The number of halogens is 1. The van der Waals surface area contributed by atoms with Crippen LogP contribution in [0.3, 0.4) is 0 Å². The Balaban J connectivity index is 2.48. The van der Waals surface area contributed by atoms with E-state index in [2.05, 4.69) is 42.8 Å². The van der Waals surface area contributed by atoms with Crippen LogP contribution in [0.15, 0.2) is 16.6 Å². The number of nitrogens with zero attached hydrogens (tertiary/aromatic N) is 1. The first-order chi connectivity index (χ1) is 9.03. The number of rotatable bonds is 0. The lowest BCUT2D eigenvalue weighted by Crippen LogP contribution is -2.38. The lowest BCUT2D eigenvalue weighted by molar-refractivity contribution is 0.0579. The molecule has 0 N–H and O–H groups in total. The minimum Gasteiger partial charge on any atom is -0.443 e. The predicted octanol–water partition coefficient (Wildman–Crippen LogP) is 4.79.